The zero-order valence-electron chi connectivity index (χ0n) is 8.49. The van der Waals surface area contributed by atoms with Crippen LogP contribution in [0, 0.1) is 11.3 Å². The van der Waals surface area contributed by atoms with Crippen LogP contribution in [0.4, 0.5) is 0 Å². The van der Waals surface area contributed by atoms with E-state index in [0.29, 0.717) is 5.56 Å². The Morgan fingerprint density at radius 2 is 2.13 bits per heavy atom. The van der Waals surface area contributed by atoms with Crippen molar-refractivity contribution in [3.63, 3.8) is 0 Å². The van der Waals surface area contributed by atoms with E-state index < -0.39 is 0 Å². The van der Waals surface area contributed by atoms with Crippen LogP contribution in [0.2, 0.25) is 0 Å². The second-order valence-corrected chi connectivity index (χ2v) is 3.47. The standard InChI is InChI=1S/C13H11NO/c1-2-9-6-12(15)7-10-4-3-5-11(8-14)13(9)10/h3-7,15H,2H2,1H3. The molecule has 1 N–H and O–H groups in total. The van der Waals surface area contributed by atoms with Gasteiger partial charge in [0.1, 0.15) is 5.75 Å². The summed E-state index contributed by atoms with van der Waals surface area (Å²) < 4.78 is 0. The average molecular weight is 197 g/mol. The zero-order valence-corrected chi connectivity index (χ0v) is 8.49. The van der Waals surface area contributed by atoms with E-state index in [2.05, 4.69) is 6.07 Å². The van der Waals surface area contributed by atoms with E-state index in [-0.39, 0.29) is 5.75 Å². The minimum absolute atomic E-state index is 0.259. The van der Waals surface area contributed by atoms with Crippen LogP contribution in [-0.2, 0) is 6.42 Å². The molecule has 0 fully saturated rings. The molecule has 15 heavy (non-hydrogen) atoms. The molecule has 0 radical (unpaired) electrons. The van der Waals surface area contributed by atoms with E-state index in [1.165, 1.54) is 0 Å². The Kier molecular flexibility index (Phi) is 2.31. The summed E-state index contributed by atoms with van der Waals surface area (Å²) in [6.45, 7) is 2.02. The van der Waals surface area contributed by atoms with Crippen molar-refractivity contribution in [1.29, 1.82) is 5.26 Å². The molecule has 0 aliphatic carbocycles. The van der Waals surface area contributed by atoms with Gasteiger partial charge in [-0.1, -0.05) is 19.1 Å². The molecule has 0 saturated heterocycles. The van der Waals surface area contributed by atoms with E-state index >= 15 is 0 Å². The van der Waals surface area contributed by atoms with Gasteiger partial charge in [0.05, 0.1) is 11.6 Å². The van der Waals surface area contributed by atoms with Gasteiger partial charge >= 0.3 is 0 Å². The number of hydrogen-bond donors (Lipinski definition) is 1. The minimum Gasteiger partial charge on any atom is -0.508 e. The Labute approximate surface area is 88.4 Å². The first-order valence-electron chi connectivity index (χ1n) is 4.91. The van der Waals surface area contributed by atoms with Crippen molar-refractivity contribution in [2.75, 3.05) is 0 Å². The molecule has 0 heterocycles. The molecule has 0 saturated carbocycles. The minimum atomic E-state index is 0.259. The van der Waals surface area contributed by atoms with E-state index in [9.17, 15) is 5.11 Å². The predicted octanol–water partition coefficient (Wildman–Crippen LogP) is 2.98. The smallest absolute Gasteiger partial charge is 0.116 e. The van der Waals surface area contributed by atoms with Crippen LogP contribution in [0.25, 0.3) is 10.8 Å². The lowest BCUT2D eigenvalue weighted by Gasteiger charge is -2.06. The Hall–Kier alpha value is -2.01. The maximum Gasteiger partial charge on any atom is 0.116 e. The van der Waals surface area contributed by atoms with Crippen molar-refractivity contribution < 1.29 is 5.11 Å². The molecule has 2 heteroatoms. The number of fused-ring (bicyclic) bond motifs is 1. The van der Waals surface area contributed by atoms with Gasteiger partial charge in [0.2, 0.25) is 0 Å². The lowest BCUT2D eigenvalue weighted by atomic mass is 9.98. The molecule has 0 aromatic heterocycles. The quantitative estimate of drug-likeness (QED) is 0.763. The van der Waals surface area contributed by atoms with Gasteiger partial charge in [-0.05, 0) is 35.6 Å². The summed E-state index contributed by atoms with van der Waals surface area (Å²) in [6, 6.07) is 11.1. The Morgan fingerprint density at radius 1 is 1.33 bits per heavy atom. The van der Waals surface area contributed by atoms with E-state index in [1.54, 1.807) is 18.2 Å². The fraction of sp³-hybridized carbons (Fsp3) is 0.154. The molecule has 0 aliphatic rings. The molecule has 2 rings (SSSR count). The van der Waals surface area contributed by atoms with Gasteiger partial charge in [0, 0.05) is 5.39 Å². The molecular weight excluding hydrogens is 186 g/mol. The highest BCUT2D eigenvalue weighted by atomic mass is 16.3. The second-order valence-electron chi connectivity index (χ2n) is 3.47. The van der Waals surface area contributed by atoms with Gasteiger partial charge in [0.15, 0.2) is 0 Å². The van der Waals surface area contributed by atoms with Crippen molar-refractivity contribution >= 4 is 10.8 Å². The SMILES string of the molecule is CCc1cc(O)cc2cccc(C#N)c12. The van der Waals surface area contributed by atoms with E-state index in [4.69, 9.17) is 5.26 Å². The van der Waals surface area contributed by atoms with Gasteiger partial charge < -0.3 is 5.11 Å². The number of aromatic hydroxyl groups is 1. The number of phenolic OH excluding ortho intramolecular Hbond substituents is 1. The number of hydrogen-bond acceptors (Lipinski definition) is 2. The van der Waals surface area contributed by atoms with E-state index in [1.807, 2.05) is 19.1 Å². The summed E-state index contributed by atoms with van der Waals surface area (Å²) in [4.78, 5) is 0. The number of aryl methyl sites for hydroxylation is 1. The summed E-state index contributed by atoms with van der Waals surface area (Å²) in [6.07, 6.45) is 0.809. The van der Waals surface area contributed by atoms with Gasteiger partial charge in [-0.2, -0.15) is 5.26 Å². The summed E-state index contributed by atoms with van der Waals surface area (Å²) in [5.74, 6) is 0.259. The third-order valence-electron chi connectivity index (χ3n) is 2.54. The van der Waals surface area contributed by atoms with Gasteiger partial charge in [-0.3, -0.25) is 0 Å². The number of phenols is 1. The Bertz CT molecular complexity index is 552. The molecule has 2 nitrogen and oxygen atoms in total. The lowest BCUT2D eigenvalue weighted by Crippen LogP contribution is -1.87. The van der Waals surface area contributed by atoms with Crippen LogP contribution in [-0.4, -0.2) is 5.11 Å². The van der Waals surface area contributed by atoms with Crippen LogP contribution in [0.15, 0.2) is 30.3 Å². The van der Waals surface area contributed by atoms with Crippen molar-refractivity contribution in [3.05, 3.63) is 41.5 Å². The summed E-state index contributed by atoms with van der Waals surface area (Å²) in [5.41, 5.74) is 1.69. The summed E-state index contributed by atoms with van der Waals surface area (Å²) in [5, 5.41) is 20.4. The van der Waals surface area contributed by atoms with Crippen molar-refractivity contribution in [2.24, 2.45) is 0 Å². The third-order valence-corrected chi connectivity index (χ3v) is 2.54. The highest BCUT2D eigenvalue weighted by Gasteiger charge is 2.06. The second kappa shape index (κ2) is 3.62. The highest BCUT2D eigenvalue weighted by Crippen LogP contribution is 2.27. The zero-order chi connectivity index (χ0) is 10.8. The lowest BCUT2D eigenvalue weighted by molar-refractivity contribution is 0.475. The monoisotopic (exact) mass is 197 g/mol. The van der Waals surface area contributed by atoms with Crippen LogP contribution in [0.5, 0.6) is 5.75 Å². The third kappa shape index (κ3) is 1.53. The first-order valence-corrected chi connectivity index (χ1v) is 4.91. The molecule has 2 aromatic carbocycles. The summed E-state index contributed by atoms with van der Waals surface area (Å²) >= 11 is 0. The van der Waals surface area contributed by atoms with Crippen molar-refractivity contribution in [1.82, 2.24) is 0 Å². The largest absolute Gasteiger partial charge is 0.508 e. The van der Waals surface area contributed by atoms with Crippen molar-refractivity contribution in [2.45, 2.75) is 13.3 Å². The number of nitriles is 1. The number of rotatable bonds is 1. The molecule has 0 spiro atoms. The molecule has 0 unspecified atom stereocenters. The van der Waals surface area contributed by atoms with Gasteiger partial charge in [-0.15, -0.1) is 0 Å². The van der Waals surface area contributed by atoms with Crippen LogP contribution in [0.1, 0.15) is 18.1 Å². The number of nitrogens with zero attached hydrogens (tertiary/aromatic N) is 1. The van der Waals surface area contributed by atoms with Crippen LogP contribution in [0.3, 0.4) is 0 Å². The normalized spacial score (nSPS) is 10.1. The fourth-order valence-corrected chi connectivity index (χ4v) is 1.87. The summed E-state index contributed by atoms with van der Waals surface area (Å²) in [7, 11) is 0. The fourth-order valence-electron chi connectivity index (χ4n) is 1.87. The molecule has 0 amide bonds. The Morgan fingerprint density at radius 3 is 2.80 bits per heavy atom. The molecule has 0 aliphatic heterocycles. The molecule has 74 valence electrons. The average Bonchev–Trinajstić information content (AvgIpc) is 2.26. The van der Waals surface area contributed by atoms with Crippen LogP contribution >= 0.6 is 0 Å². The molecule has 0 bridgehead atoms. The topological polar surface area (TPSA) is 44.0 Å². The predicted molar refractivity (Wildman–Crippen MR) is 59.7 cm³/mol. The van der Waals surface area contributed by atoms with Crippen LogP contribution < -0.4 is 0 Å². The van der Waals surface area contributed by atoms with Gasteiger partial charge in [0.25, 0.3) is 0 Å². The van der Waals surface area contributed by atoms with E-state index in [0.717, 1.165) is 22.8 Å². The first-order chi connectivity index (χ1) is 7.26. The maximum atomic E-state index is 9.52. The first kappa shape index (κ1) is 9.54. The van der Waals surface area contributed by atoms with Crippen molar-refractivity contribution in [3.8, 4) is 11.8 Å². The highest BCUT2D eigenvalue weighted by molar-refractivity contribution is 5.92. The number of benzene rings is 2. The Balaban J connectivity index is 2.92. The molecule has 2 aromatic rings. The molecular formula is C13H11NO. The maximum absolute atomic E-state index is 9.52. The molecule has 0 atom stereocenters. The van der Waals surface area contributed by atoms with Gasteiger partial charge in [-0.25, -0.2) is 0 Å².